The lowest BCUT2D eigenvalue weighted by atomic mass is 10.2. The summed E-state index contributed by atoms with van der Waals surface area (Å²) in [4.78, 5) is 17.7. The summed E-state index contributed by atoms with van der Waals surface area (Å²) in [6, 6.07) is 9.47. The van der Waals surface area contributed by atoms with E-state index < -0.39 is 0 Å². The normalized spacial score (nSPS) is 10.7. The molecule has 0 bridgehead atoms. The lowest BCUT2D eigenvalue weighted by Crippen LogP contribution is -2.09. The summed E-state index contributed by atoms with van der Waals surface area (Å²) >= 11 is 0. The van der Waals surface area contributed by atoms with Crippen molar-refractivity contribution in [2.45, 2.75) is 6.42 Å². The summed E-state index contributed by atoms with van der Waals surface area (Å²) in [5, 5.41) is 8.33. The van der Waals surface area contributed by atoms with E-state index in [0.29, 0.717) is 11.5 Å². The van der Waals surface area contributed by atoms with Gasteiger partial charge in [-0.05, 0) is 12.1 Å². The number of ketones is 1. The summed E-state index contributed by atoms with van der Waals surface area (Å²) in [5.74, 6) is 0.616. The number of imidazole rings is 1. The van der Waals surface area contributed by atoms with E-state index in [2.05, 4.69) is 15.2 Å². The van der Waals surface area contributed by atoms with Gasteiger partial charge in [0.15, 0.2) is 5.78 Å². The first-order valence-corrected chi connectivity index (χ1v) is 6.21. The maximum absolute atomic E-state index is 12.1. The van der Waals surface area contributed by atoms with Crippen LogP contribution in [0.25, 0.3) is 5.69 Å². The number of hydrogen-bond donors (Lipinski definition) is 0. The smallest absolute Gasteiger partial charge is 0.192 e. The molecule has 2 aromatic heterocycles. The molecule has 3 aromatic rings. The third-order valence-electron chi connectivity index (χ3n) is 3.00. The Labute approximate surface area is 115 Å². The highest BCUT2D eigenvalue weighted by Crippen LogP contribution is 2.06. The fraction of sp³-hybridized carbons (Fsp3) is 0.143. The number of aryl methyl sites for hydroxylation is 1. The molecule has 0 fully saturated rings. The molecule has 20 heavy (non-hydrogen) atoms. The Morgan fingerprint density at radius 1 is 1.25 bits per heavy atom. The van der Waals surface area contributed by atoms with E-state index in [0.717, 1.165) is 5.69 Å². The van der Waals surface area contributed by atoms with Crippen molar-refractivity contribution in [1.82, 2.24) is 24.5 Å². The number of para-hydroxylation sites is 1. The van der Waals surface area contributed by atoms with Gasteiger partial charge in [0.2, 0.25) is 0 Å². The Hall–Kier alpha value is -2.76. The second-order valence-corrected chi connectivity index (χ2v) is 4.41. The highest BCUT2D eigenvalue weighted by atomic mass is 16.1. The van der Waals surface area contributed by atoms with E-state index in [1.165, 1.54) is 11.0 Å². The third-order valence-corrected chi connectivity index (χ3v) is 3.00. The molecule has 0 N–H and O–H groups in total. The van der Waals surface area contributed by atoms with Crippen molar-refractivity contribution in [2.75, 3.05) is 0 Å². The van der Waals surface area contributed by atoms with Crippen molar-refractivity contribution in [3.05, 3.63) is 60.4 Å². The Balaban J connectivity index is 1.80. The molecule has 0 unspecified atom stereocenters. The number of hydrogen-bond acceptors (Lipinski definition) is 4. The van der Waals surface area contributed by atoms with Crippen LogP contribution in [0.15, 0.2) is 48.9 Å². The van der Waals surface area contributed by atoms with E-state index in [9.17, 15) is 4.79 Å². The highest BCUT2D eigenvalue weighted by molar-refractivity contribution is 5.95. The molecule has 0 radical (unpaired) electrons. The van der Waals surface area contributed by atoms with Crippen LogP contribution in [0.5, 0.6) is 0 Å². The zero-order valence-corrected chi connectivity index (χ0v) is 11.0. The second-order valence-electron chi connectivity index (χ2n) is 4.41. The zero-order valence-electron chi connectivity index (χ0n) is 11.0. The first-order valence-electron chi connectivity index (χ1n) is 6.21. The predicted molar refractivity (Wildman–Crippen MR) is 72.6 cm³/mol. The quantitative estimate of drug-likeness (QED) is 0.671. The van der Waals surface area contributed by atoms with Crippen molar-refractivity contribution in [3.63, 3.8) is 0 Å². The van der Waals surface area contributed by atoms with Gasteiger partial charge < -0.3 is 4.57 Å². The minimum Gasteiger partial charge on any atom is -0.338 e. The van der Waals surface area contributed by atoms with Crippen LogP contribution in [0.1, 0.15) is 16.3 Å². The molecule has 6 nitrogen and oxygen atoms in total. The lowest BCUT2D eigenvalue weighted by Gasteiger charge is -1.99. The molecule has 0 amide bonds. The van der Waals surface area contributed by atoms with E-state index in [4.69, 9.17) is 0 Å². The fourth-order valence-electron chi connectivity index (χ4n) is 1.88. The van der Waals surface area contributed by atoms with Gasteiger partial charge in [-0.3, -0.25) is 4.79 Å². The fourth-order valence-corrected chi connectivity index (χ4v) is 1.88. The topological polar surface area (TPSA) is 65.6 Å². The van der Waals surface area contributed by atoms with E-state index in [1.807, 2.05) is 48.1 Å². The van der Waals surface area contributed by atoms with E-state index in [-0.39, 0.29) is 12.2 Å². The first kappa shape index (κ1) is 12.3. The van der Waals surface area contributed by atoms with E-state index in [1.54, 1.807) is 6.20 Å². The van der Waals surface area contributed by atoms with Crippen LogP contribution in [0, 0.1) is 0 Å². The predicted octanol–water partition coefficient (Wildman–Crippen LogP) is 1.43. The Morgan fingerprint density at radius 2 is 2.05 bits per heavy atom. The Bertz CT molecular complexity index is 729. The molecular weight excluding hydrogens is 254 g/mol. The first-order chi connectivity index (χ1) is 9.74. The number of Topliss-reactive ketones (excluding diaryl/α,β-unsaturated/α-hetero) is 1. The summed E-state index contributed by atoms with van der Waals surface area (Å²) in [6.45, 7) is 0. The van der Waals surface area contributed by atoms with Crippen molar-refractivity contribution in [2.24, 2.45) is 7.05 Å². The van der Waals surface area contributed by atoms with Gasteiger partial charge in [0.1, 0.15) is 11.5 Å². The van der Waals surface area contributed by atoms with E-state index >= 15 is 0 Å². The SMILES string of the molecule is Cn1ccnc1CC(=O)c1cnn(-c2ccccc2)n1. The zero-order chi connectivity index (χ0) is 13.9. The second kappa shape index (κ2) is 5.08. The monoisotopic (exact) mass is 267 g/mol. The third kappa shape index (κ3) is 2.35. The molecule has 0 aliphatic rings. The molecule has 1 aromatic carbocycles. The summed E-state index contributed by atoms with van der Waals surface area (Å²) < 4.78 is 1.82. The van der Waals surface area contributed by atoms with Crippen molar-refractivity contribution in [3.8, 4) is 5.69 Å². The molecule has 2 heterocycles. The summed E-state index contributed by atoms with van der Waals surface area (Å²) in [7, 11) is 1.86. The number of benzene rings is 1. The number of carbonyl (C=O) groups is 1. The maximum atomic E-state index is 12.1. The van der Waals surface area contributed by atoms with Gasteiger partial charge in [-0.2, -0.15) is 9.90 Å². The number of nitrogens with zero attached hydrogens (tertiary/aromatic N) is 5. The van der Waals surface area contributed by atoms with Gasteiger partial charge in [-0.15, -0.1) is 5.10 Å². The molecule has 100 valence electrons. The van der Waals surface area contributed by atoms with Crippen LogP contribution in [0.3, 0.4) is 0 Å². The van der Waals surface area contributed by atoms with Crippen LogP contribution in [0.4, 0.5) is 0 Å². The van der Waals surface area contributed by atoms with Crippen molar-refractivity contribution >= 4 is 5.78 Å². The minimum absolute atomic E-state index is 0.0959. The van der Waals surface area contributed by atoms with Crippen molar-refractivity contribution in [1.29, 1.82) is 0 Å². The standard InChI is InChI=1S/C14H13N5O/c1-18-8-7-15-14(18)9-13(20)12-10-16-19(17-12)11-5-3-2-4-6-11/h2-8,10H,9H2,1H3. The molecule has 0 atom stereocenters. The average Bonchev–Trinajstić information content (AvgIpc) is 3.10. The number of carbonyl (C=O) groups excluding carboxylic acids is 1. The van der Waals surface area contributed by atoms with Crippen LogP contribution in [0.2, 0.25) is 0 Å². The molecule has 0 aliphatic heterocycles. The largest absolute Gasteiger partial charge is 0.338 e. The summed E-state index contributed by atoms with van der Waals surface area (Å²) in [5.41, 5.74) is 1.17. The molecule has 0 saturated carbocycles. The summed E-state index contributed by atoms with van der Waals surface area (Å²) in [6.07, 6.45) is 5.18. The molecule has 3 rings (SSSR count). The highest BCUT2D eigenvalue weighted by Gasteiger charge is 2.14. The van der Waals surface area contributed by atoms with Gasteiger partial charge in [-0.25, -0.2) is 4.98 Å². The molecular formula is C14H13N5O. The molecule has 6 heteroatoms. The lowest BCUT2D eigenvalue weighted by molar-refractivity contribution is 0.0985. The van der Waals surface area contributed by atoms with Crippen LogP contribution in [-0.2, 0) is 13.5 Å². The van der Waals surface area contributed by atoms with Gasteiger partial charge >= 0.3 is 0 Å². The number of rotatable bonds is 4. The maximum Gasteiger partial charge on any atom is 0.192 e. The number of aromatic nitrogens is 5. The van der Waals surface area contributed by atoms with Crippen LogP contribution < -0.4 is 0 Å². The van der Waals surface area contributed by atoms with Gasteiger partial charge in [0.25, 0.3) is 0 Å². The Kier molecular flexibility index (Phi) is 3.12. The minimum atomic E-state index is -0.0959. The van der Waals surface area contributed by atoms with Crippen LogP contribution in [-0.4, -0.2) is 30.3 Å². The van der Waals surface area contributed by atoms with Gasteiger partial charge in [0, 0.05) is 19.4 Å². The van der Waals surface area contributed by atoms with Gasteiger partial charge in [0.05, 0.1) is 18.3 Å². The Morgan fingerprint density at radius 3 is 2.75 bits per heavy atom. The molecule has 0 aliphatic carbocycles. The van der Waals surface area contributed by atoms with Crippen LogP contribution >= 0.6 is 0 Å². The molecule has 0 saturated heterocycles. The average molecular weight is 267 g/mol. The molecule has 0 spiro atoms. The van der Waals surface area contributed by atoms with Crippen molar-refractivity contribution < 1.29 is 4.79 Å². The van der Waals surface area contributed by atoms with Gasteiger partial charge in [-0.1, -0.05) is 18.2 Å².